The van der Waals surface area contributed by atoms with Crippen molar-refractivity contribution in [2.45, 2.75) is 92.9 Å². The second-order valence-electron chi connectivity index (χ2n) is 16.0. The maximum Gasteiger partial charge on any atom is 0.0418 e. The number of benzene rings is 6. The third-order valence-electron chi connectivity index (χ3n) is 11.5. The van der Waals surface area contributed by atoms with Gasteiger partial charge < -0.3 is 10.6 Å². The third kappa shape index (κ3) is 8.82. The first kappa shape index (κ1) is 38.6. The van der Waals surface area contributed by atoms with Crippen LogP contribution in [0.4, 0.5) is 11.4 Å². The second-order valence-corrected chi connectivity index (χ2v) is 16.0. The van der Waals surface area contributed by atoms with Gasteiger partial charge in [-0.1, -0.05) is 182 Å². The van der Waals surface area contributed by atoms with Crippen molar-refractivity contribution in [3.8, 4) is 0 Å². The Labute approximate surface area is 326 Å². The summed E-state index contributed by atoms with van der Waals surface area (Å²) in [6.45, 7) is 24.3. The van der Waals surface area contributed by atoms with E-state index in [1.807, 2.05) is 0 Å². The van der Waals surface area contributed by atoms with Crippen LogP contribution >= 0.6 is 0 Å². The molecule has 0 aliphatic carbocycles. The largest absolute Gasteiger partial charge is 0.383 e. The van der Waals surface area contributed by atoms with E-state index < -0.39 is 0 Å². The van der Waals surface area contributed by atoms with Gasteiger partial charge in [0.25, 0.3) is 0 Å². The molecule has 0 amide bonds. The molecule has 0 bridgehead atoms. The first-order chi connectivity index (χ1) is 25.9. The normalized spacial score (nSPS) is 13.6. The van der Waals surface area contributed by atoms with E-state index in [-0.39, 0.29) is 23.7 Å². The Kier molecular flexibility index (Phi) is 12.1. The zero-order valence-corrected chi connectivity index (χ0v) is 34.3. The fourth-order valence-electron chi connectivity index (χ4n) is 8.31. The SMILES string of the molecule is Cc1cccc(C(C)c2cc(C)cc(C(C)c3cccc(C)c3)c2NCCNc2c(C(C)c3cccc(C)c3)cc(C)cc2[C@@H](C)c2cccc(C)c2)c1. The Balaban J connectivity index is 1.38. The minimum atomic E-state index is 0.240. The number of rotatable bonds is 13. The van der Waals surface area contributed by atoms with Gasteiger partial charge in [-0.15, -0.1) is 0 Å². The molecular formula is C52H60N2. The molecule has 0 spiro atoms. The van der Waals surface area contributed by atoms with Crippen molar-refractivity contribution in [3.05, 3.63) is 199 Å². The quantitative estimate of drug-likeness (QED) is 0.117. The minimum absolute atomic E-state index is 0.240. The molecule has 4 atom stereocenters. The average Bonchev–Trinajstić information content (AvgIpc) is 3.15. The van der Waals surface area contributed by atoms with Gasteiger partial charge in [-0.3, -0.25) is 0 Å². The van der Waals surface area contributed by atoms with E-state index in [1.165, 1.54) is 89.3 Å². The number of hydrogen-bond acceptors (Lipinski definition) is 2. The first-order valence-corrected chi connectivity index (χ1v) is 19.9. The van der Waals surface area contributed by atoms with E-state index in [2.05, 4.69) is 201 Å². The summed E-state index contributed by atoms with van der Waals surface area (Å²) in [5, 5.41) is 8.07. The molecule has 0 aliphatic rings. The maximum absolute atomic E-state index is 4.03. The zero-order chi connectivity index (χ0) is 38.5. The number of anilines is 2. The molecule has 3 unspecified atom stereocenters. The van der Waals surface area contributed by atoms with Crippen molar-refractivity contribution in [1.29, 1.82) is 0 Å². The van der Waals surface area contributed by atoms with Crippen LogP contribution in [0, 0.1) is 41.5 Å². The van der Waals surface area contributed by atoms with E-state index in [0.717, 1.165) is 13.1 Å². The van der Waals surface area contributed by atoms with Crippen molar-refractivity contribution >= 4 is 11.4 Å². The molecule has 0 aromatic heterocycles. The Morgan fingerprint density at radius 1 is 0.333 bits per heavy atom. The van der Waals surface area contributed by atoms with Gasteiger partial charge in [0.1, 0.15) is 0 Å². The molecule has 0 fully saturated rings. The highest BCUT2D eigenvalue weighted by Crippen LogP contribution is 2.41. The van der Waals surface area contributed by atoms with Gasteiger partial charge in [-0.05, 0) is 86.1 Å². The van der Waals surface area contributed by atoms with Crippen LogP contribution < -0.4 is 10.6 Å². The standard InChI is InChI=1S/C52H60N2/c1-33-15-11-19-43(25-33)39(7)47-29-37(5)30-48(40(8)44-20-12-16-34(2)26-44)51(47)53-23-24-54-52-49(41(9)45-21-13-17-35(3)27-45)31-38(6)32-50(52)42(10)46-22-14-18-36(4)28-46/h11-22,25-32,39-42,53-54H,23-24H2,1-10H3/t39-,40?,41?,42?/m0/s1. The van der Waals surface area contributed by atoms with Crippen molar-refractivity contribution < 1.29 is 0 Å². The van der Waals surface area contributed by atoms with Crippen LogP contribution in [-0.4, -0.2) is 13.1 Å². The smallest absolute Gasteiger partial charge is 0.0418 e. The molecule has 2 nitrogen and oxygen atoms in total. The number of hydrogen-bond donors (Lipinski definition) is 2. The van der Waals surface area contributed by atoms with Gasteiger partial charge in [0, 0.05) is 48.1 Å². The highest BCUT2D eigenvalue weighted by Gasteiger charge is 2.23. The van der Waals surface area contributed by atoms with Gasteiger partial charge >= 0.3 is 0 Å². The zero-order valence-electron chi connectivity index (χ0n) is 34.3. The summed E-state index contributed by atoms with van der Waals surface area (Å²) in [4.78, 5) is 0. The van der Waals surface area contributed by atoms with Crippen LogP contribution in [0.15, 0.2) is 121 Å². The topological polar surface area (TPSA) is 24.1 Å². The second kappa shape index (κ2) is 16.9. The monoisotopic (exact) mass is 712 g/mol. The van der Waals surface area contributed by atoms with Crippen molar-refractivity contribution in [2.24, 2.45) is 0 Å². The molecule has 278 valence electrons. The van der Waals surface area contributed by atoms with Crippen LogP contribution in [0.3, 0.4) is 0 Å². The molecule has 54 heavy (non-hydrogen) atoms. The minimum Gasteiger partial charge on any atom is -0.383 e. The lowest BCUT2D eigenvalue weighted by Gasteiger charge is -2.27. The van der Waals surface area contributed by atoms with E-state index in [0.29, 0.717) is 0 Å². The first-order valence-electron chi connectivity index (χ1n) is 19.9. The predicted molar refractivity (Wildman–Crippen MR) is 234 cm³/mol. The summed E-state index contributed by atoms with van der Waals surface area (Å²) in [6.07, 6.45) is 0. The predicted octanol–water partition coefficient (Wildman–Crippen LogP) is 13.7. The maximum atomic E-state index is 4.03. The molecule has 0 saturated heterocycles. The third-order valence-corrected chi connectivity index (χ3v) is 11.5. The van der Waals surface area contributed by atoms with Crippen LogP contribution in [0.2, 0.25) is 0 Å². The molecule has 6 aromatic carbocycles. The summed E-state index contributed by atoms with van der Waals surface area (Å²) in [7, 11) is 0. The van der Waals surface area contributed by atoms with Gasteiger partial charge in [-0.25, -0.2) is 0 Å². The van der Waals surface area contributed by atoms with E-state index in [4.69, 9.17) is 0 Å². The Bertz CT molecular complexity index is 1920. The van der Waals surface area contributed by atoms with E-state index in [1.54, 1.807) is 0 Å². The van der Waals surface area contributed by atoms with Crippen LogP contribution in [-0.2, 0) is 0 Å². The molecular weight excluding hydrogens is 653 g/mol. The molecule has 6 rings (SSSR count). The Hall–Kier alpha value is -5.08. The van der Waals surface area contributed by atoms with Gasteiger partial charge in [0.15, 0.2) is 0 Å². The highest BCUT2D eigenvalue weighted by molar-refractivity contribution is 5.67. The summed E-state index contributed by atoms with van der Waals surface area (Å²) >= 11 is 0. The van der Waals surface area contributed by atoms with Crippen LogP contribution in [0.5, 0.6) is 0 Å². The van der Waals surface area contributed by atoms with Crippen LogP contribution in [0.1, 0.15) is 129 Å². The molecule has 0 aliphatic heterocycles. The fraction of sp³-hybridized carbons (Fsp3) is 0.308. The summed E-state index contributed by atoms with van der Waals surface area (Å²) in [5.74, 6) is 0.961. The van der Waals surface area contributed by atoms with Crippen molar-refractivity contribution in [2.75, 3.05) is 23.7 Å². The lowest BCUT2D eigenvalue weighted by molar-refractivity contribution is 0.871. The van der Waals surface area contributed by atoms with Crippen LogP contribution in [0.25, 0.3) is 0 Å². The average molecular weight is 713 g/mol. The van der Waals surface area contributed by atoms with E-state index >= 15 is 0 Å². The Morgan fingerprint density at radius 3 is 0.796 bits per heavy atom. The molecule has 0 heterocycles. The summed E-state index contributed by atoms with van der Waals surface area (Å²) < 4.78 is 0. The molecule has 0 radical (unpaired) electrons. The molecule has 2 heteroatoms. The van der Waals surface area contributed by atoms with Crippen molar-refractivity contribution in [3.63, 3.8) is 0 Å². The van der Waals surface area contributed by atoms with Crippen molar-refractivity contribution in [1.82, 2.24) is 0 Å². The van der Waals surface area contributed by atoms with Gasteiger partial charge in [0.2, 0.25) is 0 Å². The molecule has 0 saturated carbocycles. The summed E-state index contributed by atoms with van der Waals surface area (Å²) in [5.41, 5.74) is 21.1. The van der Waals surface area contributed by atoms with E-state index in [9.17, 15) is 0 Å². The molecule has 2 N–H and O–H groups in total. The van der Waals surface area contributed by atoms with Gasteiger partial charge in [-0.2, -0.15) is 0 Å². The lowest BCUT2D eigenvalue weighted by atomic mass is 9.83. The molecule has 6 aromatic rings. The number of nitrogens with one attached hydrogen (secondary N) is 2. The fourth-order valence-corrected chi connectivity index (χ4v) is 8.31. The summed E-state index contributed by atoms with van der Waals surface area (Å²) in [6, 6.07) is 45.6. The highest BCUT2D eigenvalue weighted by atomic mass is 15.0. The number of aryl methyl sites for hydroxylation is 6. The lowest BCUT2D eigenvalue weighted by Crippen LogP contribution is -2.19. The van der Waals surface area contributed by atoms with Gasteiger partial charge in [0.05, 0.1) is 0 Å². The Morgan fingerprint density at radius 2 is 0.574 bits per heavy atom.